The topological polar surface area (TPSA) is 42.2 Å². The Morgan fingerprint density at radius 3 is 2.59 bits per heavy atom. The highest BCUT2D eigenvalue weighted by atomic mass is 35.5. The van der Waals surface area contributed by atoms with Crippen LogP contribution in [0.1, 0.15) is 37.3 Å². The van der Waals surface area contributed by atoms with Gasteiger partial charge >= 0.3 is 0 Å². The molecule has 1 aliphatic rings. The maximum atomic E-state index is 6.06. The van der Waals surface area contributed by atoms with E-state index in [0.717, 1.165) is 24.6 Å². The molecule has 0 unspecified atom stereocenters. The van der Waals surface area contributed by atoms with Crippen molar-refractivity contribution < 1.29 is 4.42 Å². The van der Waals surface area contributed by atoms with Gasteiger partial charge in [0.25, 0.3) is 0 Å². The van der Waals surface area contributed by atoms with Crippen molar-refractivity contribution in [3.05, 3.63) is 71.1 Å². The van der Waals surface area contributed by atoms with Gasteiger partial charge in [-0.25, -0.2) is 0 Å². The van der Waals surface area contributed by atoms with Crippen LogP contribution in [0.15, 0.2) is 59.0 Å². The van der Waals surface area contributed by atoms with Crippen LogP contribution in [0, 0.1) is 5.92 Å². The number of halogens is 1. The van der Waals surface area contributed by atoms with Crippen LogP contribution in [-0.2, 0) is 6.42 Å². The average Bonchev–Trinajstić information content (AvgIpc) is 3.19. The molecule has 27 heavy (non-hydrogen) atoms. The van der Waals surface area contributed by atoms with E-state index in [0.29, 0.717) is 16.8 Å². The molecule has 0 aliphatic carbocycles. The van der Waals surface area contributed by atoms with Crippen molar-refractivity contribution in [1.82, 2.24) is 15.1 Å². The molecule has 0 spiro atoms. The maximum absolute atomic E-state index is 6.06. The second-order valence-electron chi connectivity index (χ2n) is 7.30. The van der Waals surface area contributed by atoms with Crippen LogP contribution in [0.25, 0.3) is 11.5 Å². The molecule has 2 aromatic carbocycles. The minimum absolute atomic E-state index is 0.128. The zero-order valence-corrected chi connectivity index (χ0v) is 16.3. The number of nitrogens with zero attached hydrogens (tertiary/aromatic N) is 3. The Labute approximate surface area is 165 Å². The smallest absolute Gasteiger partial charge is 0.247 e. The van der Waals surface area contributed by atoms with Crippen molar-refractivity contribution in [2.75, 3.05) is 13.1 Å². The van der Waals surface area contributed by atoms with E-state index in [4.69, 9.17) is 16.0 Å². The molecule has 4 nitrogen and oxygen atoms in total. The van der Waals surface area contributed by atoms with Gasteiger partial charge in [-0.05, 0) is 69.0 Å². The third-order valence-electron chi connectivity index (χ3n) is 5.43. The van der Waals surface area contributed by atoms with E-state index in [9.17, 15) is 0 Å². The standard InChI is InChI=1S/C22H24ClN3O/c1-16(21-24-25-22(27-21)19-8-5-9-20(23)15-19)26-12-10-18(11-13-26)14-17-6-3-2-4-7-17/h2-9,15-16,18H,10-14H2,1H3/t16-/m1/s1. The van der Waals surface area contributed by atoms with Gasteiger partial charge in [0.2, 0.25) is 11.8 Å². The average molecular weight is 382 g/mol. The molecule has 3 aromatic rings. The van der Waals surface area contributed by atoms with Gasteiger partial charge in [-0.2, -0.15) is 0 Å². The molecule has 1 atom stereocenters. The summed E-state index contributed by atoms with van der Waals surface area (Å²) in [6.45, 7) is 4.27. The molecule has 5 heteroatoms. The second-order valence-corrected chi connectivity index (χ2v) is 7.74. The highest BCUT2D eigenvalue weighted by molar-refractivity contribution is 6.30. The zero-order valence-electron chi connectivity index (χ0n) is 15.5. The van der Waals surface area contributed by atoms with Crippen molar-refractivity contribution in [3.63, 3.8) is 0 Å². The normalized spacial score (nSPS) is 17.1. The van der Waals surface area contributed by atoms with Crippen LogP contribution >= 0.6 is 11.6 Å². The van der Waals surface area contributed by atoms with E-state index >= 15 is 0 Å². The number of rotatable bonds is 5. The fourth-order valence-corrected chi connectivity index (χ4v) is 3.98. The molecule has 4 rings (SSSR count). The van der Waals surface area contributed by atoms with Gasteiger partial charge in [-0.15, -0.1) is 10.2 Å². The van der Waals surface area contributed by atoms with Crippen LogP contribution in [0.4, 0.5) is 0 Å². The fourth-order valence-electron chi connectivity index (χ4n) is 3.79. The van der Waals surface area contributed by atoms with Gasteiger partial charge in [-0.1, -0.05) is 48.0 Å². The quantitative estimate of drug-likeness (QED) is 0.593. The van der Waals surface area contributed by atoms with Gasteiger partial charge in [0.15, 0.2) is 0 Å². The summed E-state index contributed by atoms with van der Waals surface area (Å²) >= 11 is 6.06. The van der Waals surface area contributed by atoms with E-state index in [2.05, 4.69) is 52.4 Å². The predicted molar refractivity (Wildman–Crippen MR) is 108 cm³/mol. The Bertz CT molecular complexity index is 872. The third-order valence-corrected chi connectivity index (χ3v) is 5.67. The Morgan fingerprint density at radius 2 is 1.85 bits per heavy atom. The number of hydrogen-bond acceptors (Lipinski definition) is 4. The Hall–Kier alpha value is -2.17. The minimum Gasteiger partial charge on any atom is -0.419 e. The molecule has 0 N–H and O–H groups in total. The molecule has 1 fully saturated rings. The van der Waals surface area contributed by atoms with Gasteiger partial charge in [-0.3, -0.25) is 4.90 Å². The predicted octanol–water partition coefficient (Wildman–Crippen LogP) is 5.41. The van der Waals surface area contributed by atoms with E-state index in [1.165, 1.54) is 24.8 Å². The van der Waals surface area contributed by atoms with Crippen LogP contribution in [-0.4, -0.2) is 28.2 Å². The van der Waals surface area contributed by atoms with Gasteiger partial charge < -0.3 is 4.42 Å². The molecule has 1 aromatic heterocycles. The van der Waals surface area contributed by atoms with Crippen molar-refractivity contribution in [2.24, 2.45) is 5.92 Å². The summed E-state index contributed by atoms with van der Waals surface area (Å²) in [6.07, 6.45) is 3.57. The molecule has 2 heterocycles. The van der Waals surface area contributed by atoms with Crippen LogP contribution in [0.5, 0.6) is 0 Å². The highest BCUT2D eigenvalue weighted by Gasteiger charge is 2.26. The molecule has 1 aliphatic heterocycles. The number of piperidine rings is 1. The van der Waals surface area contributed by atoms with Gasteiger partial charge in [0.05, 0.1) is 6.04 Å². The lowest BCUT2D eigenvalue weighted by atomic mass is 9.89. The lowest BCUT2D eigenvalue weighted by molar-refractivity contribution is 0.125. The molecule has 0 bridgehead atoms. The van der Waals surface area contributed by atoms with Crippen LogP contribution in [0.2, 0.25) is 5.02 Å². The zero-order chi connectivity index (χ0) is 18.6. The Balaban J connectivity index is 1.36. The van der Waals surface area contributed by atoms with E-state index < -0.39 is 0 Å². The maximum Gasteiger partial charge on any atom is 0.247 e. The lowest BCUT2D eigenvalue weighted by Gasteiger charge is -2.34. The molecule has 1 saturated heterocycles. The van der Waals surface area contributed by atoms with E-state index in [1.54, 1.807) is 0 Å². The number of aromatic nitrogens is 2. The first kappa shape index (κ1) is 18.2. The number of hydrogen-bond donors (Lipinski definition) is 0. The minimum atomic E-state index is 0.128. The van der Waals surface area contributed by atoms with E-state index in [1.807, 2.05) is 24.3 Å². The molecule has 0 amide bonds. The summed E-state index contributed by atoms with van der Waals surface area (Å²) in [5, 5.41) is 9.16. The highest BCUT2D eigenvalue weighted by Crippen LogP contribution is 2.29. The van der Waals surface area contributed by atoms with Gasteiger partial charge in [0.1, 0.15) is 0 Å². The molecule has 140 valence electrons. The van der Waals surface area contributed by atoms with Crippen molar-refractivity contribution in [1.29, 1.82) is 0 Å². The third kappa shape index (κ3) is 4.40. The summed E-state index contributed by atoms with van der Waals surface area (Å²) in [7, 11) is 0. The van der Waals surface area contributed by atoms with Crippen molar-refractivity contribution >= 4 is 11.6 Å². The van der Waals surface area contributed by atoms with Crippen molar-refractivity contribution in [3.8, 4) is 11.5 Å². The number of likely N-dealkylation sites (tertiary alicyclic amines) is 1. The van der Waals surface area contributed by atoms with Crippen LogP contribution in [0.3, 0.4) is 0 Å². The number of benzene rings is 2. The second kappa shape index (κ2) is 8.24. The fraction of sp³-hybridized carbons (Fsp3) is 0.364. The monoisotopic (exact) mass is 381 g/mol. The summed E-state index contributed by atoms with van der Waals surface area (Å²) in [5.74, 6) is 1.95. The van der Waals surface area contributed by atoms with Crippen LogP contribution < -0.4 is 0 Å². The summed E-state index contributed by atoms with van der Waals surface area (Å²) in [6, 6.07) is 18.4. The molecular weight excluding hydrogens is 358 g/mol. The largest absolute Gasteiger partial charge is 0.419 e. The summed E-state index contributed by atoms with van der Waals surface area (Å²) in [4.78, 5) is 2.44. The Morgan fingerprint density at radius 1 is 1.07 bits per heavy atom. The molecule has 0 radical (unpaired) electrons. The molecule has 0 saturated carbocycles. The summed E-state index contributed by atoms with van der Waals surface area (Å²) in [5.41, 5.74) is 2.29. The lowest BCUT2D eigenvalue weighted by Crippen LogP contribution is -2.36. The van der Waals surface area contributed by atoms with Crippen molar-refractivity contribution in [2.45, 2.75) is 32.2 Å². The molecular formula is C22H24ClN3O. The van der Waals surface area contributed by atoms with E-state index in [-0.39, 0.29) is 6.04 Å². The SMILES string of the molecule is C[C@H](c1nnc(-c2cccc(Cl)c2)o1)N1CCC(Cc2ccccc2)CC1. The summed E-state index contributed by atoms with van der Waals surface area (Å²) < 4.78 is 5.94. The Kier molecular flexibility index (Phi) is 5.55. The first-order valence-corrected chi connectivity index (χ1v) is 9.94. The first-order chi connectivity index (χ1) is 13.2. The van der Waals surface area contributed by atoms with Gasteiger partial charge in [0, 0.05) is 10.6 Å². The first-order valence-electron chi connectivity index (χ1n) is 9.56.